The number of halogens is 1. The summed E-state index contributed by atoms with van der Waals surface area (Å²) in [4.78, 5) is 15.9. The number of pyridine rings is 1. The summed E-state index contributed by atoms with van der Waals surface area (Å²) in [6, 6.07) is 7.94. The van der Waals surface area contributed by atoms with Gasteiger partial charge in [0.1, 0.15) is 11.0 Å². The summed E-state index contributed by atoms with van der Waals surface area (Å²) >= 11 is 5.78. The van der Waals surface area contributed by atoms with Crippen molar-refractivity contribution in [3.05, 3.63) is 41.0 Å². The molecule has 0 aliphatic heterocycles. The van der Waals surface area contributed by atoms with Crippen LogP contribution in [0.25, 0.3) is 0 Å². The summed E-state index contributed by atoms with van der Waals surface area (Å²) < 4.78 is 10.3. The molecule has 0 spiro atoms. The van der Waals surface area contributed by atoms with Crippen LogP contribution in [0, 0.1) is 0 Å². The third-order valence-electron chi connectivity index (χ3n) is 2.72. The lowest BCUT2D eigenvalue weighted by Crippen LogP contribution is -2.12. The van der Waals surface area contributed by atoms with Crippen LogP contribution in [0.2, 0.25) is 5.15 Å². The zero-order chi connectivity index (χ0) is 15.4. The van der Waals surface area contributed by atoms with E-state index in [-0.39, 0.29) is 16.9 Å². The fourth-order valence-electron chi connectivity index (χ4n) is 1.77. The quantitative estimate of drug-likeness (QED) is 0.848. The topological polar surface area (TPSA) is 86.5 Å². The summed E-state index contributed by atoms with van der Waals surface area (Å²) in [5.74, 6) is 0.924. The van der Waals surface area contributed by atoms with Crippen molar-refractivity contribution < 1.29 is 14.3 Å². The van der Waals surface area contributed by atoms with E-state index in [0.717, 1.165) is 0 Å². The number of nitrogen functional groups attached to an aromatic ring is 1. The van der Waals surface area contributed by atoms with E-state index in [4.69, 9.17) is 26.8 Å². The standard InChI is InChI=1S/C14H14ClN3O3/c1-20-10-4-3-9(7-11(10)21-2)17-14(19)8-5-12(15)18-13(16)6-8/h3-7H,1-2H3,(H2,16,18)(H,17,19). The van der Waals surface area contributed by atoms with Crippen LogP contribution >= 0.6 is 11.6 Å². The summed E-state index contributed by atoms with van der Waals surface area (Å²) in [6.07, 6.45) is 0. The van der Waals surface area contributed by atoms with Crippen LogP contribution < -0.4 is 20.5 Å². The Kier molecular flexibility index (Phi) is 4.49. The van der Waals surface area contributed by atoms with Crippen LogP contribution in [0.3, 0.4) is 0 Å². The van der Waals surface area contributed by atoms with E-state index in [0.29, 0.717) is 22.7 Å². The number of anilines is 2. The lowest BCUT2D eigenvalue weighted by Gasteiger charge is -2.11. The van der Waals surface area contributed by atoms with E-state index in [1.54, 1.807) is 18.2 Å². The molecular formula is C14H14ClN3O3. The lowest BCUT2D eigenvalue weighted by molar-refractivity contribution is 0.102. The van der Waals surface area contributed by atoms with Crippen LogP contribution in [0.1, 0.15) is 10.4 Å². The summed E-state index contributed by atoms with van der Waals surface area (Å²) in [5, 5.41) is 2.88. The Morgan fingerprint density at radius 1 is 1.19 bits per heavy atom. The average molecular weight is 308 g/mol. The molecule has 110 valence electrons. The molecule has 0 saturated heterocycles. The summed E-state index contributed by atoms with van der Waals surface area (Å²) in [7, 11) is 3.06. The first kappa shape index (κ1) is 14.9. The second kappa shape index (κ2) is 6.32. The van der Waals surface area contributed by atoms with Crippen molar-refractivity contribution in [2.45, 2.75) is 0 Å². The second-order valence-corrected chi connectivity index (χ2v) is 4.51. The van der Waals surface area contributed by atoms with Crippen LogP contribution in [0.15, 0.2) is 30.3 Å². The Labute approximate surface area is 126 Å². The van der Waals surface area contributed by atoms with Gasteiger partial charge in [0.15, 0.2) is 11.5 Å². The van der Waals surface area contributed by atoms with Gasteiger partial charge in [0.05, 0.1) is 14.2 Å². The van der Waals surface area contributed by atoms with E-state index in [9.17, 15) is 4.79 Å². The third kappa shape index (κ3) is 3.55. The van der Waals surface area contributed by atoms with Gasteiger partial charge in [-0.25, -0.2) is 4.98 Å². The number of ether oxygens (including phenoxy) is 2. The van der Waals surface area contributed by atoms with E-state index >= 15 is 0 Å². The fourth-order valence-corrected chi connectivity index (χ4v) is 1.98. The highest BCUT2D eigenvalue weighted by Gasteiger charge is 2.11. The highest BCUT2D eigenvalue weighted by molar-refractivity contribution is 6.30. The number of hydrogen-bond acceptors (Lipinski definition) is 5. The van der Waals surface area contributed by atoms with E-state index in [1.807, 2.05) is 0 Å². The van der Waals surface area contributed by atoms with Crippen molar-refractivity contribution in [1.29, 1.82) is 0 Å². The van der Waals surface area contributed by atoms with Crippen LogP contribution in [0.5, 0.6) is 11.5 Å². The predicted molar refractivity (Wildman–Crippen MR) is 81.2 cm³/mol. The second-order valence-electron chi connectivity index (χ2n) is 4.13. The maximum atomic E-state index is 12.1. The first-order chi connectivity index (χ1) is 10.0. The lowest BCUT2D eigenvalue weighted by atomic mass is 10.2. The molecule has 3 N–H and O–H groups in total. The summed E-state index contributed by atoms with van der Waals surface area (Å²) in [5.41, 5.74) is 6.44. The Morgan fingerprint density at radius 3 is 2.52 bits per heavy atom. The molecule has 6 nitrogen and oxygen atoms in total. The largest absolute Gasteiger partial charge is 0.493 e. The number of nitrogens with one attached hydrogen (secondary N) is 1. The van der Waals surface area contributed by atoms with Gasteiger partial charge >= 0.3 is 0 Å². The zero-order valence-corrected chi connectivity index (χ0v) is 12.3. The molecule has 0 atom stereocenters. The Balaban J connectivity index is 2.23. The molecule has 0 saturated carbocycles. The van der Waals surface area contributed by atoms with E-state index in [2.05, 4.69) is 10.3 Å². The minimum Gasteiger partial charge on any atom is -0.493 e. The highest BCUT2D eigenvalue weighted by Crippen LogP contribution is 2.30. The monoisotopic (exact) mass is 307 g/mol. The number of carbonyl (C=O) groups excluding carboxylic acids is 1. The van der Waals surface area contributed by atoms with Gasteiger partial charge < -0.3 is 20.5 Å². The van der Waals surface area contributed by atoms with Crippen LogP contribution in [-0.2, 0) is 0 Å². The molecule has 0 unspecified atom stereocenters. The van der Waals surface area contributed by atoms with Gasteiger partial charge in [-0.3, -0.25) is 4.79 Å². The van der Waals surface area contributed by atoms with Gasteiger partial charge in [0.2, 0.25) is 0 Å². The molecule has 1 heterocycles. The van der Waals surface area contributed by atoms with Gasteiger partial charge in [-0.05, 0) is 24.3 Å². The molecule has 0 radical (unpaired) electrons. The van der Waals surface area contributed by atoms with Gasteiger partial charge in [-0.15, -0.1) is 0 Å². The van der Waals surface area contributed by atoms with Crippen molar-refractivity contribution in [3.63, 3.8) is 0 Å². The van der Waals surface area contributed by atoms with Gasteiger partial charge in [-0.2, -0.15) is 0 Å². The van der Waals surface area contributed by atoms with Crippen molar-refractivity contribution in [1.82, 2.24) is 4.98 Å². The minimum absolute atomic E-state index is 0.160. The van der Waals surface area contributed by atoms with Crippen LogP contribution in [-0.4, -0.2) is 25.1 Å². The van der Waals surface area contributed by atoms with Crippen molar-refractivity contribution >= 4 is 29.0 Å². The highest BCUT2D eigenvalue weighted by atomic mass is 35.5. The number of nitrogens with two attached hydrogens (primary N) is 1. The van der Waals surface area contributed by atoms with Crippen molar-refractivity contribution in [3.8, 4) is 11.5 Å². The number of amides is 1. The van der Waals surface area contributed by atoms with Crippen LogP contribution in [0.4, 0.5) is 11.5 Å². The van der Waals surface area contributed by atoms with Crippen molar-refractivity contribution in [2.75, 3.05) is 25.3 Å². The number of nitrogens with zero attached hydrogens (tertiary/aromatic N) is 1. The SMILES string of the molecule is COc1ccc(NC(=O)c2cc(N)nc(Cl)c2)cc1OC. The Bertz CT molecular complexity index is 656. The minimum atomic E-state index is -0.349. The molecule has 1 amide bonds. The molecule has 0 aliphatic rings. The molecule has 21 heavy (non-hydrogen) atoms. The van der Waals surface area contributed by atoms with Gasteiger partial charge in [0, 0.05) is 17.3 Å². The third-order valence-corrected chi connectivity index (χ3v) is 2.91. The molecule has 7 heteroatoms. The average Bonchev–Trinajstić information content (AvgIpc) is 2.46. The normalized spacial score (nSPS) is 10.0. The first-order valence-electron chi connectivity index (χ1n) is 6.00. The van der Waals surface area contributed by atoms with E-state index in [1.165, 1.54) is 26.4 Å². The van der Waals surface area contributed by atoms with Crippen molar-refractivity contribution in [2.24, 2.45) is 0 Å². The molecule has 1 aromatic heterocycles. The number of aromatic nitrogens is 1. The molecule has 0 aliphatic carbocycles. The Hall–Kier alpha value is -2.47. The number of methoxy groups -OCH3 is 2. The predicted octanol–water partition coefficient (Wildman–Crippen LogP) is 2.59. The maximum absolute atomic E-state index is 12.1. The number of carbonyl (C=O) groups is 1. The first-order valence-corrected chi connectivity index (χ1v) is 6.37. The van der Waals surface area contributed by atoms with E-state index < -0.39 is 0 Å². The molecular weight excluding hydrogens is 294 g/mol. The maximum Gasteiger partial charge on any atom is 0.255 e. The molecule has 0 bridgehead atoms. The molecule has 0 fully saturated rings. The number of rotatable bonds is 4. The summed E-state index contributed by atoms with van der Waals surface area (Å²) in [6.45, 7) is 0. The van der Waals surface area contributed by atoms with Gasteiger partial charge in [-0.1, -0.05) is 11.6 Å². The number of hydrogen-bond donors (Lipinski definition) is 2. The molecule has 2 aromatic rings. The van der Waals surface area contributed by atoms with Gasteiger partial charge in [0.25, 0.3) is 5.91 Å². The zero-order valence-electron chi connectivity index (χ0n) is 11.5. The molecule has 1 aromatic carbocycles. The molecule has 2 rings (SSSR count). The fraction of sp³-hybridized carbons (Fsp3) is 0.143. The smallest absolute Gasteiger partial charge is 0.255 e. The number of benzene rings is 1. The Morgan fingerprint density at radius 2 is 1.90 bits per heavy atom.